The number of carboxylic acid groups (broad SMARTS) is 1. The lowest BCUT2D eigenvalue weighted by Crippen LogP contribution is -2.02. The fourth-order valence-electron chi connectivity index (χ4n) is 3.48. The first kappa shape index (κ1) is 22.2. The Labute approximate surface area is 159 Å². The summed E-state index contributed by atoms with van der Waals surface area (Å²) >= 11 is 1.77. The summed E-state index contributed by atoms with van der Waals surface area (Å²) in [6, 6.07) is 4.24. The SMILES string of the molecule is CCCCCCCCCCCCCCC(CCC(=O)O)c1cccs1. The number of carboxylic acids is 1. The van der Waals surface area contributed by atoms with Crippen LogP contribution in [-0.4, -0.2) is 11.1 Å². The summed E-state index contributed by atoms with van der Waals surface area (Å²) < 4.78 is 0. The van der Waals surface area contributed by atoms with Crippen molar-refractivity contribution in [1.29, 1.82) is 0 Å². The Hall–Kier alpha value is -0.830. The summed E-state index contributed by atoms with van der Waals surface area (Å²) in [5.74, 6) is -0.226. The van der Waals surface area contributed by atoms with Crippen molar-refractivity contribution in [1.82, 2.24) is 0 Å². The summed E-state index contributed by atoms with van der Waals surface area (Å²) in [5, 5.41) is 11.0. The zero-order valence-electron chi connectivity index (χ0n) is 16.2. The van der Waals surface area contributed by atoms with Crippen LogP contribution >= 0.6 is 11.3 Å². The van der Waals surface area contributed by atoms with E-state index in [9.17, 15) is 4.79 Å². The normalized spacial score (nSPS) is 12.4. The average Bonchev–Trinajstić information content (AvgIpc) is 3.12. The lowest BCUT2D eigenvalue weighted by atomic mass is 9.94. The molecule has 144 valence electrons. The predicted octanol–water partition coefficient (Wildman–Crippen LogP) is 7.79. The Morgan fingerprint density at radius 2 is 1.48 bits per heavy atom. The Balaban J connectivity index is 2.00. The largest absolute Gasteiger partial charge is 0.481 e. The molecule has 0 radical (unpaired) electrons. The molecule has 1 unspecified atom stereocenters. The molecule has 0 saturated heterocycles. The third kappa shape index (κ3) is 12.2. The van der Waals surface area contributed by atoms with Crippen LogP contribution in [0.4, 0.5) is 0 Å². The molecule has 1 aromatic heterocycles. The van der Waals surface area contributed by atoms with Crippen LogP contribution in [0.1, 0.15) is 114 Å². The molecular formula is C22H38O2S. The van der Waals surface area contributed by atoms with Crippen molar-refractivity contribution in [3.05, 3.63) is 22.4 Å². The molecule has 1 heterocycles. The standard InChI is InChI=1S/C22H38O2S/c1-2-3-4-5-6-7-8-9-10-11-12-13-15-20(17-18-22(23)24)21-16-14-19-25-21/h14,16,19-20H,2-13,15,17-18H2,1H3,(H,23,24). The third-order valence-corrected chi connectivity index (χ3v) is 6.09. The second kappa shape index (κ2) is 15.4. The van der Waals surface area contributed by atoms with E-state index in [1.54, 1.807) is 11.3 Å². The van der Waals surface area contributed by atoms with Gasteiger partial charge in [-0.05, 0) is 30.2 Å². The molecule has 0 fully saturated rings. The number of unbranched alkanes of at least 4 members (excludes halogenated alkanes) is 11. The maximum Gasteiger partial charge on any atom is 0.303 e. The average molecular weight is 367 g/mol. The first-order chi connectivity index (χ1) is 12.2. The monoisotopic (exact) mass is 366 g/mol. The minimum atomic E-state index is -0.670. The van der Waals surface area contributed by atoms with Gasteiger partial charge in [-0.1, -0.05) is 90.0 Å². The molecule has 0 aromatic carbocycles. The summed E-state index contributed by atoms with van der Waals surface area (Å²) in [4.78, 5) is 12.2. The van der Waals surface area contributed by atoms with Gasteiger partial charge < -0.3 is 5.11 Å². The molecule has 0 bridgehead atoms. The van der Waals surface area contributed by atoms with Crippen LogP contribution in [0.2, 0.25) is 0 Å². The highest BCUT2D eigenvalue weighted by Crippen LogP contribution is 2.30. The van der Waals surface area contributed by atoms with E-state index in [1.165, 1.54) is 81.9 Å². The molecule has 0 aliphatic carbocycles. The van der Waals surface area contributed by atoms with Crippen molar-refractivity contribution in [2.45, 2.75) is 109 Å². The third-order valence-electron chi connectivity index (χ3n) is 5.06. The molecule has 1 N–H and O–H groups in total. The topological polar surface area (TPSA) is 37.3 Å². The maximum absolute atomic E-state index is 10.9. The number of rotatable bonds is 17. The van der Waals surface area contributed by atoms with E-state index in [-0.39, 0.29) is 0 Å². The lowest BCUT2D eigenvalue weighted by Gasteiger charge is -2.14. The second-order valence-electron chi connectivity index (χ2n) is 7.32. The van der Waals surface area contributed by atoms with Gasteiger partial charge in [-0.2, -0.15) is 0 Å². The molecule has 1 rings (SSSR count). The van der Waals surface area contributed by atoms with E-state index >= 15 is 0 Å². The summed E-state index contributed by atoms with van der Waals surface area (Å²) in [6.45, 7) is 2.27. The number of hydrogen-bond donors (Lipinski definition) is 1. The zero-order valence-corrected chi connectivity index (χ0v) is 17.0. The number of thiophene rings is 1. The molecule has 0 aliphatic heterocycles. The summed E-state index contributed by atoms with van der Waals surface area (Å²) in [5.41, 5.74) is 0. The smallest absolute Gasteiger partial charge is 0.303 e. The molecule has 0 amide bonds. The van der Waals surface area contributed by atoms with Gasteiger partial charge in [0, 0.05) is 11.3 Å². The zero-order chi connectivity index (χ0) is 18.2. The maximum atomic E-state index is 10.9. The number of carbonyl (C=O) groups is 1. The van der Waals surface area contributed by atoms with Crippen molar-refractivity contribution >= 4 is 17.3 Å². The summed E-state index contributed by atoms with van der Waals surface area (Å²) in [7, 11) is 0. The fourth-order valence-corrected chi connectivity index (χ4v) is 4.38. The van der Waals surface area contributed by atoms with Gasteiger partial charge in [-0.3, -0.25) is 4.79 Å². The van der Waals surface area contributed by atoms with E-state index in [1.807, 2.05) is 0 Å². The molecule has 1 atom stereocenters. The van der Waals surface area contributed by atoms with Crippen LogP contribution in [0.3, 0.4) is 0 Å². The van der Waals surface area contributed by atoms with Crippen molar-refractivity contribution in [2.24, 2.45) is 0 Å². The Morgan fingerprint density at radius 3 is 1.96 bits per heavy atom. The van der Waals surface area contributed by atoms with Crippen LogP contribution in [0.25, 0.3) is 0 Å². The molecule has 25 heavy (non-hydrogen) atoms. The second-order valence-corrected chi connectivity index (χ2v) is 8.30. The number of aliphatic carboxylic acids is 1. The molecule has 0 aliphatic rings. The van der Waals surface area contributed by atoms with E-state index in [4.69, 9.17) is 5.11 Å². The van der Waals surface area contributed by atoms with Gasteiger partial charge in [0.15, 0.2) is 0 Å². The molecule has 0 saturated carbocycles. The lowest BCUT2D eigenvalue weighted by molar-refractivity contribution is -0.137. The molecule has 3 heteroatoms. The highest BCUT2D eigenvalue weighted by Gasteiger charge is 2.14. The summed E-state index contributed by atoms with van der Waals surface area (Å²) in [6.07, 6.45) is 18.7. The first-order valence-electron chi connectivity index (χ1n) is 10.5. The van der Waals surface area contributed by atoms with E-state index in [0.717, 1.165) is 12.8 Å². The molecule has 1 aromatic rings. The van der Waals surface area contributed by atoms with E-state index < -0.39 is 5.97 Å². The molecule has 0 spiro atoms. The van der Waals surface area contributed by atoms with Gasteiger partial charge in [0.2, 0.25) is 0 Å². The van der Waals surface area contributed by atoms with Crippen molar-refractivity contribution in [3.63, 3.8) is 0 Å². The first-order valence-corrected chi connectivity index (χ1v) is 11.4. The molecule has 2 nitrogen and oxygen atoms in total. The van der Waals surface area contributed by atoms with Crippen molar-refractivity contribution in [3.8, 4) is 0 Å². The van der Waals surface area contributed by atoms with Crippen LogP contribution < -0.4 is 0 Å². The van der Waals surface area contributed by atoms with Crippen molar-refractivity contribution < 1.29 is 9.90 Å². The van der Waals surface area contributed by atoms with Gasteiger partial charge in [-0.25, -0.2) is 0 Å². The van der Waals surface area contributed by atoms with E-state index in [0.29, 0.717) is 12.3 Å². The van der Waals surface area contributed by atoms with Gasteiger partial charge in [0.1, 0.15) is 0 Å². The van der Waals surface area contributed by atoms with Crippen LogP contribution in [0.5, 0.6) is 0 Å². The van der Waals surface area contributed by atoms with Gasteiger partial charge in [0.05, 0.1) is 0 Å². The predicted molar refractivity (Wildman–Crippen MR) is 110 cm³/mol. The van der Waals surface area contributed by atoms with Gasteiger partial charge in [-0.15, -0.1) is 11.3 Å². The van der Waals surface area contributed by atoms with Crippen LogP contribution in [0.15, 0.2) is 17.5 Å². The van der Waals surface area contributed by atoms with Crippen molar-refractivity contribution in [2.75, 3.05) is 0 Å². The quantitative estimate of drug-likeness (QED) is 0.286. The van der Waals surface area contributed by atoms with Crippen LogP contribution in [0, 0.1) is 0 Å². The van der Waals surface area contributed by atoms with E-state index in [2.05, 4.69) is 24.4 Å². The Kier molecular flexibility index (Phi) is 13.7. The highest BCUT2D eigenvalue weighted by atomic mass is 32.1. The van der Waals surface area contributed by atoms with Crippen LogP contribution in [-0.2, 0) is 4.79 Å². The molecular weight excluding hydrogens is 328 g/mol. The minimum Gasteiger partial charge on any atom is -0.481 e. The number of hydrogen-bond acceptors (Lipinski definition) is 2. The minimum absolute atomic E-state index is 0.292. The van der Waals surface area contributed by atoms with Gasteiger partial charge >= 0.3 is 5.97 Å². The Bertz CT molecular complexity index is 414. The Morgan fingerprint density at radius 1 is 0.920 bits per heavy atom. The highest BCUT2D eigenvalue weighted by molar-refractivity contribution is 7.10. The van der Waals surface area contributed by atoms with Gasteiger partial charge in [0.25, 0.3) is 0 Å². The fraction of sp³-hybridized carbons (Fsp3) is 0.773.